The average molecular weight is 656 g/mol. The van der Waals surface area contributed by atoms with Crippen molar-refractivity contribution in [3.05, 3.63) is 16.1 Å². The highest BCUT2D eigenvalue weighted by Crippen LogP contribution is 2.34. The molecule has 0 saturated carbocycles. The summed E-state index contributed by atoms with van der Waals surface area (Å²) in [6.07, 6.45) is -2.80. The molecule has 14 heteroatoms. The van der Waals surface area contributed by atoms with E-state index in [1.165, 1.54) is 33.1 Å². The number of ether oxygens (including phenoxy) is 3. The summed E-state index contributed by atoms with van der Waals surface area (Å²) in [5.74, 6) is -3.45. The van der Waals surface area contributed by atoms with Crippen LogP contribution in [0.25, 0.3) is 0 Å². The normalized spacial score (nSPS) is 15.0. The molecule has 0 bridgehead atoms. The number of carbonyl (C=O) groups is 4. The van der Waals surface area contributed by atoms with Crippen molar-refractivity contribution in [1.82, 2.24) is 10.3 Å². The Morgan fingerprint density at radius 3 is 2.05 bits per heavy atom. The topological polar surface area (TPSA) is 161 Å². The number of aromatic nitrogens is 1. The van der Waals surface area contributed by atoms with E-state index in [0.717, 1.165) is 11.3 Å². The minimum absolute atomic E-state index is 0.0414. The lowest BCUT2D eigenvalue weighted by Gasteiger charge is -2.34. The van der Waals surface area contributed by atoms with Crippen molar-refractivity contribution in [2.24, 2.45) is 11.3 Å². The van der Waals surface area contributed by atoms with Gasteiger partial charge < -0.3 is 29.7 Å². The number of halogens is 2. The maximum Gasteiger partial charge on any atom is 0.408 e. The molecule has 240 valence electrons. The molecular formula is C28H44Cl2N2O9S. The van der Waals surface area contributed by atoms with Crippen LogP contribution < -0.4 is 5.32 Å². The summed E-state index contributed by atoms with van der Waals surface area (Å²) in [5, 5.41) is 24.4. The van der Waals surface area contributed by atoms with Crippen molar-refractivity contribution in [3.8, 4) is 0 Å². The number of aliphatic carboxylic acids is 1. The number of alkyl halides is 2. The van der Waals surface area contributed by atoms with Gasteiger partial charge in [0.15, 0.2) is 5.69 Å². The molecule has 0 aliphatic heterocycles. The first-order valence-electron chi connectivity index (χ1n) is 13.5. The summed E-state index contributed by atoms with van der Waals surface area (Å²) in [6.45, 7) is 15.9. The second kappa shape index (κ2) is 14.5. The highest BCUT2D eigenvalue weighted by atomic mass is 35.5. The molecule has 1 amide bonds. The van der Waals surface area contributed by atoms with Crippen LogP contribution in [0.3, 0.4) is 0 Å². The number of aliphatic hydroxyl groups is 1. The zero-order chi connectivity index (χ0) is 32.8. The molecule has 3 N–H and O–H groups in total. The number of amides is 1. The maximum absolute atomic E-state index is 13.3. The van der Waals surface area contributed by atoms with Gasteiger partial charge in [-0.25, -0.2) is 19.4 Å². The van der Waals surface area contributed by atoms with Crippen LogP contribution >= 0.6 is 34.5 Å². The van der Waals surface area contributed by atoms with Crippen molar-refractivity contribution in [1.29, 1.82) is 0 Å². The number of thiazole rings is 1. The number of carboxylic acid groups (broad SMARTS) is 1. The van der Waals surface area contributed by atoms with Crippen molar-refractivity contribution in [3.63, 3.8) is 0 Å². The van der Waals surface area contributed by atoms with E-state index in [0.29, 0.717) is 17.8 Å². The summed E-state index contributed by atoms with van der Waals surface area (Å²) < 4.78 is 15.2. The summed E-state index contributed by atoms with van der Waals surface area (Å²) >= 11 is 13.4. The van der Waals surface area contributed by atoms with E-state index in [9.17, 15) is 29.4 Å². The van der Waals surface area contributed by atoms with Crippen molar-refractivity contribution >= 4 is 58.5 Å². The first-order valence-corrected chi connectivity index (χ1v) is 15.2. The van der Waals surface area contributed by atoms with Crippen LogP contribution in [0, 0.1) is 11.3 Å². The summed E-state index contributed by atoms with van der Waals surface area (Å²) in [6, 6.07) is -0.548. The van der Waals surface area contributed by atoms with Crippen LogP contribution in [0.5, 0.6) is 0 Å². The van der Waals surface area contributed by atoms with E-state index in [4.69, 9.17) is 37.4 Å². The van der Waals surface area contributed by atoms with Crippen LogP contribution in [0.15, 0.2) is 5.38 Å². The fraction of sp³-hybridized carbons (Fsp3) is 0.750. The lowest BCUT2D eigenvalue weighted by molar-refractivity contribution is -0.189. The Kier molecular flexibility index (Phi) is 13.1. The van der Waals surface area contributed by atoms with Gasteiger partial charge in [0.25, 0.3) is 0 Å². The second-order valence-corrected chi connectivity index (χ2v) is 15.5. The molecule has 42 heavy (non-hydrogen) atoms. The SMILES string of the molecule is CC(C)[C@H](NC(=O)OC(C)(C)C)c1nc(C(=O)O[C@@H](CCCC(C)(Cl)Cl)C(C)(C)C(=O)O[C@H](C(=O)O)C(C)(C)O)cs1. The predicted octanol–water partition coefficient (Wildman–Crippen LogP) is 6.05. The van der Waals surface area contributed by atoms with Gasteiger partial charge in [-0.1, -0.05) is 13.8 Å². The highest BCUT2D eigenvalue weighted by molar-refractivity contribution is 7.09. The van der Waals surface area contributed by atoms with Gasteiger partial charge in [-0.2, -0.15) is 0 Å². The molecule has 0 saturated heterocycles. The maximum atomic E-state index is 13.3. The first kappa shape index (κ1) is 37.9. The number of hydrogen-bond acceptors (Lipinski definition) is 10. The van der Waals surface area contributed by atoms with Crippen molar-refractivity contribution in [2.75, 3.05) is 0 Å². The third kappa shape index (κ3) is 12.2. The first-order chi connectivity index (χ1) is 18.8. The molecule has 0 fully saturated rings. The minimum Gasteiger partial charge on any atom is -0.478 e. The quantitative estimate of drug-likeness (QED) is 0.122. The lowest BCUT2D eigenvalue weighted by Crippen LogP contribution is -2.50. The number of carboxylic acids is 1. The molecule has 1 aromatic rings. The number of rotatable bonds is 14. The van der Waals surface area contributed by atoms with E-state index in [1.807, 2.05) is 13.8 Å². The van der Waals surface area contributed by atoms with E-state index in [1.54, 1.807) is 27.7 Å². The fourth-order valence-electron chi connectivity index (χ4n) is 3.71. The van der Waals surface area contributed by atoms with E-state index in [-0.39, 0.29) is 18.0 Å². The number of hydrogen-bond donors (Lipinski definition) is 3. The molecule has 0 aliphatic carbocycles. The number of carbonyl (C=O) groups excluding carboxylic acids is 3. The van der Waals surface area contributed by atoms with Crippen LogP contribution in [-0.2, 0) is 23.8 Å². The minimum atomic E-state index is -1.87. The Morgan fingerprint density at radius 2 is 1.60 bits per heavy atom. The zero-order valence-electron chi connectivity index (χ0n) is 25.9. The van der Waals surface area contributed by atoms with E-state index in [2.05, 4.69) is 10.3 Å². The Balaban J connectivity index is 3.24. The fourth-order valence-corrected chi connectivity index (χ4v) is 4.99. The van der Waals surface area contributed by atoms with Gasteiger partial charge in [-0.15, -0.1) is 34.5 Å². The molecule has 1 rings (SSSR count). The third-order valence-electron chi connectivity index (χ3n) is 6.09. The Labute approximate surface area is 261 Å². The Bertz CT molecular complexity index is 1100. The molecule has 0 spiro atoms. The molecule has 0 aromatic carbocycles. The number of alkyl carbamates (subject to hydrolysis) is 1. The smallest absolute Gasteiger partial charge is 0.408 e. The van der Waals surface area contributed by atoms with Crippen LogP contribution in [0.1, 0.15) is 110 Å². The molecule has 0 unspecified atom stereocenters. The number of nitrogens with one attached hydrogen (secondary N) is 1. The monoisotopic (exact) mass is 654 g/mol. The molecule has 0 aliphatic rings. The lowest BCUT2D eigenvalue weighted by atomic mass is 9.83. The zero-order valence-corrected chi connectivity index (χ0v) is 28.2. The Morgan fingerprint density at radius 1 is 1.02 bits per heavy atom. The van der Waals surface area contributed by atoms with Crippen LogP contribution in [0.2, 0.25) is 0 Å². The third-order valence-corrected chi connectivity index (χ3v) is 7.40. The van der Waals surface area contributed by atoms with Gasteiger partial charge >= 0.3 is 24.0 Å². The van der Waals surface area contributed by atoms with Crippen molar-refractivity contribution < 1.29 is 43.6 Å². The molecule has 0 radical (unpaired) electrons. The van der Waals surface area contributed by atoms with E-state index >= 15 is 0 Å². The van der Waals surface area contributed by atoms with Crippen molar-refractivity contribution in [2.45, 2.75) is 122 Å². The molecular weight excluding hydrogens is 611 g/mol. The van der Waals surface area contributed by atoms with Gasteiger partial charge in [0, 0.05) is 5.38 Å². The average Bonchev–Trinajstić information content (AvgIpc) is 3.26. The number of nitrogens with zero attached hydrogens (tertiary/aromatic N) is 1. The predicted molar refractivity (Wildman–Crippen MR) is 160 cm³/mol. The van der Waals surface area contributed by atoms with Gasteiger partial charge in [0.05, 0.1) is 11.5 Å². The van der Waals surface area contributed by atoms with Crippen LogP contribution in [-0.4, -0.2) is 66.9 Å². The van der Waals surface area contributed by atoms with Gasteiger partial charge in [0.1, 0.15) is 26.6 Å². The molecule has 1 heterocycles. The van der Waals surface area contributed by atoms with Gasteiger partial charge in [0.2, 0.25) is 6.10 Å². The summed E-state index contributed by atoms with van der Waals surface area (Å²) in [5.41, 5.74) is -4.16. The number of esters is 2. The van der Waals surface area contributed by atoms with Gasteiger partial charge in [-0.05, 0) is 80.6 Å². The Hall–Kier alpha value is -2.15. The van der Waals surface area contributed by atoms with Crippen LogP contribution in [0.4, 0.5) is 4.79 Å². The molecule has 11 nitrogen and oxygen atoms in total. The van der Waals surface area contributed by atoms with Gasteiger partial charge in [-0.3, -0.25) is 4.79 Å². The summed E-state index contributed by atoms with van der Waals surface area (Å²) in [7, 11) is 0. The standard InChI is InChI=1S/C28H44Cl2N2O9S/c1-15(2)18(32-24(37)41-25(3,4)5)20-31-16(14-42-20)22(35)39-17(12-11-13-28(10,29)30)26(6,7)23(36)40-19(21(33)34)27(8,9)38/h14-15,17-19,38H,11-13H2,1-10H3,(H,32,37)(H,33,34)/t17-,18-,19+/m0/s1. The van der Waals surface area contributed by atoms with E-state index < -0.39 is 63.2 Å². The molecule has 1 aromatic heterocycles. The molecule has 3 atom stereocenters. The highest BCUT2D eigenvalue weighted by Gasteiger charge is 2.46. The largest absolute Gasteiger partial charge is 0.478 e. The second-order valence-electron chi connectivity index (χ2n) is 12.8. The summed E-state index contributed by atoms with van der Waals surface area (Å²) in [4.78, 5) is 54.9.